The van der Waals surface area contributed by atoms with E-state index in [1.54, 1.807) is 0 Å². The number of halogens is 3. The molecule has 1 rings (SSSR count). The Kier molecular flexibility index (Phi) is 1.98. The van der Waals surface area contributed by atoms with E-state index in [1.165, 1.54) is 0 Å². The van der Waals surface area contributed by atoms with E-state index in [0.717, 1.165) is 18.1 Å². The van der Waals surface area contributed by atoms with Crippen LogP contribution in [0.2, 0.25) is 0 Å². The van der Waals surface area contributed by atoms with Crippen LogP contribution in [0.1, 0.15) is 0 Å². The van der Waals surface area contributed by atoms with Crippen molar-refractivity contribution < 1.29 is 17.9 Å². The molecule has 1 radical (unpaired) electrons. The van der Waals surface area contributed by atoms with Gasteiger partial charge < -0.3 is 4.74 Å². The standard InChI is InChI=1S/C4H3F3NOS/c5-4(6,7)9-3-1-8-10-2-3/h1H,2H2. The van der Waals surface area contributed by atoms with Crippen LogP contribution in [0.5, 0.6) is 0 Å². The fraction of sp³-hybridized carbons (Fsp3) is 0.500. The molecular weight excluding hydrogens is 167 g/mol. The molecule has 1 aliphatic rings. The number of hydrogen-bond acceptors (Lipinski definition) is 2. The lowest BCUT2D eigenvalue weighted by Gasteiger charge is -2.06. The van der Waals surface area contributed by atoms with Gasteiger partial charge in [-0.15, -0.1) is 13.2 Å². The average Bonchev–Trinajstić information content (AvgIpc) is 2.12. The highest BCUT2D eigenvalue weighted by atomic mass is 32.2. The van der Waals surface area contributed by atoms with E-state index in [2.05, 4.69) is 9.46 Å². The SMILES string of the molecule is FC(F)(F)OC1=C[N]SC1. The van der Waals surface area contributed by atoms with Crippen LogP contribution in [0.25, 0.3) is 0 Å². The van der Waals surface area contributed by atoms with Gasteiger partial charge in [-0.05, 0) is 11.9 Å². The molecule has 57 valence electrons. The smallest absolute Gasteiger partial charge is 0.408 e. The first-order chi connectivity index (χ1) is 4.58. The quantitative estimate of drug-likeness (QED) is 0.558. The van der Waals surface area contributed by atoms with Gasteiger partial charge in [-0.1, -0.05) is 0 Å². The van der Waals surface area contributed by atoms with E-state index in [0.29, 0.717) is 0 Å². The molecule has 0 aromatic carbocycles. The third-order valence-corrected chi connectivity index (χ3v) is 1.39. The van der Waals surface area contributed by atoms with Gasteiger partial charge in [0.2, 0.25) is 0 Å². The number of hydrogen-bond donors (Lipinski definition) is 0. The van der Waals surface area contributed by atoms with Crippen molar-refractivity contribution in [3.63, 3.8) is 0 Å². The Labute approximate surface area is 59.6 Å². The molecule has 0 fully saturated rings. The van der Waals surface area contributed by atoms with Gasteiger partial charge in [0.05, 0.1) is 12.0 Å². The average molecular weight is 170 g/mol. The predicted octanol–water partition coefficient (Wildman–Crippen LogP) is 1.63. The molecule has 0 amide bonds. The second-order valence-electron chi connectivity index (χ2n) is 1.52. The van der Waals surface area contributed by atoms with Crippen molar-refractivity contribution in [1.29, 1.82) is 0 Å². The first-order valence-electron chi connectivity index (χ1n) is 2.35. The molecule has 0 spiro atoms. The maximum absolute atomic E-state index is 11.4. The summed E-state index contributed by atoms with van der Waals surface area (Å²) in [5, 5.41) is 0. The molecule has 0 aliphatic carbocycles. The molecular formula is C4H3F3NOS. The normalized spacial score (nSPS) is 18.1. The van der Waals surface area contributed by atoms with E-state index < -0.39 is 6.36 Å². The van der Waals surface area contributed by atoms with Crippen LogP contribution >= 0.6 is 11.9 Å². The van der Waals surface area contributed by atoms with Crippen molar-refractivity contribution >= 4 is 11.9 Å². The van der Waals surface area contributed by atoms with Crippen molar-refractivity contribution in [3.8, 4) is 0 Å². The Morgan fingerprint density at radius 3 is 2.70 bits per heavy atom. The van der Waals surface area contributed by atoms with Gasteiger partial charge in [-0.2, -0.15) is 0 Å². The Morgan fingerprint density at radius 1 is 1.60 bits per heavy atom. The lowest BCUT2D eigenvalue weighted by molar-refractivity contribution is -0.304. The third kappa shape index (κ3) is 2.38. The van der Waals surface area contributed by atoms with Gasteiger partial charge in [0.25, 0.3) is 0 Å². The summed E-state index contributed by atoms with van der Waals surface area (Å²) in [4.78, 5) is 0. The molecule has 2 nitrogen and oxygen atoms in total. The molecule has 0 N–H and O–H groups in total. The van der Waals surface area contributed by atoms with Gasteiger partial charge in [0, 0.05) is 0 Å². The van der Waals surface area contributed by atoms with Crippen molar-refractivity contribution in [2.24, 2.45) is 0 Å². The molecule has 0 saturated heterocycles. The van der Waals surface area contributed by atoms with Crippen LogP contribution < -0.4 is 4.72 Å². The first-order valence-corrected chi connectivity index (χ1v) is 3.29. The third-order valence-electron chi connectivity index (χ3n) is 0.725. The maximum Gasteiger partial charge on any atom is 0.572 e. The van der Waals surface area contributed by atoms with Crippen LogP contribution in [0, 0.1) is 0 Å². The minimum atomic E-state index is -4.58. The van der Waals surface area contributed by atoms with E-state index >= 15 is 0 Å². The summed E-state index contributed by atoms with van der Waals surface area (Å²) in [6.45, 7) is 0. The zero-order valence-electron chi connectivity index (χ0n) is 4.68. The Balaban J connectivity index is 2.38. The topological polar surface area (TPSA) is 23.3 Å². The van der Waals surface area contributed by atoms with Crippen LogP contribution in [0.4, 0.5) is 13.2 Å². The summed E-state index contributed by atoms with van der Waals surface area (Å²) in [6.07, 6.45) is -3.51. The Bertz CT molecular complexity index is 155. The fourth-order valence-corrected chi connectivity index (χ4v) is 0.966. The minimum Gasteiger partial charge on any atom is -0.408 e. The molecule has 1 aliphatic heterocycles. The lowest BCUT2D eigenvalue weighted by Crippen LogP contribution is -2.12. The minimum absolute atomic E-state index is 0.141. The lowest BCUT2D eigenvalue weighted by atomic mass is 10.6. The van der Waals surface area contributed by atoms with Gasteiger partial charge in [0.15, 0.2) is 0 Å². The van der Waals surface area contributed by atoms with E-state index in [4.69, 9.17) is 0 Å². The van der Waals surface area contributed by atoms with Crippen LogP contribution in [-0.4, -0.2) is 12.1 Å². The molecule has 0 aromatic heterocycles. The summed E-state index contributed by atoms with van der Waals surface area (Å²) in [7, 11) is 0. The zero-order chi connectivity index (χ0) is 7.61. The van der Waals surface area contributed by atoms with Gasteiger partial charge >= 0.3 is 6.36 Å². The summed E-state index contributed by atoms with van der Waals surface area (Å²) in [5.74, 6) is 0.0250. The van der Waals surface area contributed by atoms with Gasteiger partial charge in [-0.25, -0.2) is 4.72 Å². The number of ether oxygens (including phenoxy) is 1. The number of rotatable bonds is 1. The molecule has 0 saturated carbocycles. The Hall–Kier alpha value is -0.520. The zero-order valence-corrected chi connectivity index (χ0v) is 5.50. The second kappa shape index (κ2) is 2.61. The molecule has 0 aromatic rings. The molecule has 0 atom stereocenters. The van der Waals surface area contributed by atoms with Gasteiger partial charge in [0.1, 0.15) is 5.76 Å². The maximum atomic E-state index is 11.4. The molecule has 6 heteroatoms. The van der Waals surface area contributed by atoms with Crippen LogP contribution in [0.15, 0.2) is 12.0 Å². The molecule has 0 unspecified atom stereocenters. The summed E-state index contributed by atoms with van der Waals surface area (Å²) < 4.78 is 41.2. The fourth-order valence-electron chi connectivity index (χ4n) is 0.439. The van der Waals surface area contributed by atoms with E-state index in [1.807, 2.05) is 0 Å². The number of nitrogens with zero attached hydrogens (tertiary/aromatic N) is 1. The van der Waals surface area contributed by atoms with Crippen LogP contribution in [-0.2, 0) is 4.74 Å². The highest BCUT2D eigenvalue weighted by molar-refractivity contribution is 7.97. The summed E-state index contributed by atoms with van der Waals surface area (Å²) >= 11 is 1.03. The highest BCUT2D eigenvalue weighted by Crippen LogP contribution is 2.24. The van der Waals surface area contributed by atoms with Crippen molar-refractivity contribution in [3.05, 3.63) is 12.0 Å². The molecule has 0 bridgehead atoms. The first kappa shape index (κ1) is 7.59. The summed E-state index contributed by atoms with van der Waals surface area (Å²) in [5.41, 5.74) is 0. The van der Waals surface area contributed by atoms with Crippen molar-refractivity contribution in [1.82, 2.24) is 4.72 Å². The second-order valence-corrected chi connectivity index (χ2v) is 2.28. The molecule has 10 heavy (non-hydrogen) atoms. The number of alkyl halides is 3. The largest absolute Gasteiger partial charge is 0.572 e. The Morgan fingerprint density at radius 2 is 2.30 bits per heavy atom. The van der Waals surface area contributed by atoms with E-state index in [-0.39, 0.29) is 11.5 Å². The van der Waals surface area contributed by atoms with E-state index in [9.17, 15) is 13.2 Å². The van der Waals surface area contributed by atoms with Crippen LogP contribution in [0.3, 0.4) is 0 Å². The molecule has 1 heterocycles. The van der Waals surface area contributed by atoms with Crippen molar-refractivity contribution in [2.75, 3.05) is 5.75 Å². The van der Waals surface area contributed by atoms with Gasteiger partial charge in [-0.3, -0.25) is 0 Å². The van der Waals surface area contributed by atoms with Crippen molar-refractivity contribution in [2.45, 2.75) is 6.36 Å². The summed E-state index contributed by atoms with van der Waals surface area (Å²) in [6, 6.07) is 0. The predicted molar refractivity (Wildman–Crippen MR) is 29.8 cm³/mol. The highest BCUT2D eigenvalue weighted by Gasteiger charge is 2.32. The monoisotopic (exact) mass is 170 g/mol.